The summed E-state index contributed by atoms with van der Waals surface area (Å²) in [6, 6.07) is 3.73. The Labute approximate surface area is 186 Å². The topological polar surface area (TPSA) is 139 Å². The number of likely N-dealkylation sites (tertiary alicyclic amines) is 1. The maximum absolute atomic E-state index is 13.1. The van der Waals surface area contributed by atoms with Gasteiger partial charge < -0.3 is 25.2 Å². The Kier molecular flexibility index (Phi) is 6.73. The molecule has 1 aromatic rings. The number of phenolic OH excluding ortho intramolecular Hbond substituents is 1. The monoisotopic (exact) mass is 447 g/mol. The first-order valence-corrected chi connectivity index (χ1v) is 10.5. The number of carbonyl (C=O) groups excluding carboxylic acids is 4. The predicted octanol–water partition coefficient (Wildman–Crippen LogP) is 1.39. The minimum Gasteiger partial charge on any atom is -0.508 e. The smallest absolute Gasteiger partial charge is 0.404 e. The average Bonchev–Trinajstić information content (AvgIpc) is 3.01. The number of amides is 4. The highest BCUT2D eigenvalue weighted by Gasteiger charge is 2.42. The van der Waals surface area contributed by atoms with E-state index in [0.717, 1.165) is 4.90 Å². The molecule has 0 spiro atoms. The number of ether oxygens (including phenoxy) is 2. The number of imide groups is 1. The van der Waals surface area contributed by atoms with E-state index < -0.39 is 24.1 Å². The Morgan fingerprint density at radius 1 is 1.28 bits per heavy atom. The summed E-state index contributed by atoms with van der Waals surface area (Å²) in [4.78, 5) is 51.8. The largest absolute Gasteiger partial charge is 0.508 e. The summed E-state index contributed by atoms with van der Waals surface area (Å²) < 4.78 is 10.7. The van der Waals surface area contributed by atoms with Gasteiger partial charge in [0.25, 0.3) is 11.8 Å². The summed E-state index contributed by atoms with van der Waals surface area (Å²) in [6.45, 7) is 5.95. The second kappa shape index (κ2) is 9.15. The molecule has 0 aromatic heterocycles. The summed E-state index contributed by atoms with van der Waals surface area (Å²) in [5, 5.41) is 9.68. The lowest BCUT2D eigenvalue weighted by Crippen LogP contribution is -2.55. The van der Waals surface area contributed by atoms with Crippen molar-refractivity contribution in [2.75, 3.05) is 19.8 Å². The highest BCUT2D eigenvalue weighted by molar-refractivity contribution is 6.05. The van der Waals surface area contributed by atoms with Crippen LogP contribution in [-0.4, -0.2) is 70.6 Å². The molecule has 3 N–H and O–H groups in total. The van der Waals surface area contributed by atoms with Crippen molar-refractivity contribution >= 4 is 23.8 Å². The van der Waals surface area contributed by atoms with Crippen molar-refractivity contribution in [1.29, 1.82) is 0 Å². The van der Waals surface area contributed by atoms with Gasteiger partial charge in [-0.25, -0.2) is 4.79 Å². The zero-order valence-electron chi connectivity index (χ0n) is 18.5. The van der Waals surface area contributed by atoms with E-state index in [1.807, 2.05) is 20.8 Å². The van der Waals surface area contributed by atoms with Gasteiger partial charge in [0.15, 0.2) is 0 Å². The SMILES string of the molecule is CC(C)(C)C(COC(N)=O)OCCN1C(=O)CCC(N2Cc3cc(O)ccc3C2=O)C1=O. The molecule has 2 aliphatic rings. The van der Waals surface area contributed by atoms with Crippen LogP contribution < -0.4 is 5.73 Å². The number of phenols is 1. The maximum atomic E-state index is 13.1. The molecule has 0 saturated carbocycles. The van der Waals surface area contributed by atoms with E-state index in [2.05, 4.69) is 0 Å². The molecule has 3 rings (SSSR count). The molecule has 1 fully saturated rings. The number of hydrogen-bond donors (Lipinski definition) is 2. The number of nitrogens with zero attached hydrogens (tertiary/aromatic N) is 2. The second-order valence-electron chi connectivity index (χ2n) is 9.07. The van der Waals surface area contributed by atoms with E-state index in [0.29, 0.717) is 11.1 Å². The lowest BCUT2D eigenvalue weighted by Gasteiger charge is -2.36. The van der Waals surface area contributed by atoms with Crippen molar-refractivity contribution in [2.45, 2.75) is 52.3 Å². The number of primary amides is 1. The van der Waals surface area contributed by atoms with Crippen LogP contribution in [0.4, 0.5) is 4.79 Å². The number of aromatic hydroxyl groups is 1. The zero-order chi connectivity index (χ0) is 23.6. The van der Waals surface area contributed by atoms with E-state index in [9.17, 15) is 24.3 Å². The number of piperidine rings is 1. The van der Waals surface area contributed by atoms with Crippen LogP contribution in [0.2, 0.25) is 0 Å². The van der Waals surface area contributed by atoms with Gasteiger partial charge in [-0.1, -0.05) is 20.8 Å². The van der Waals surface area contributed by atoms with Crippen LogP contribution in [0, 0.1) is 5.41 Å². The zero-order valence-corrected chi connectivity index (χ0v) is 18.5. The molecular formula is C22H29N3O7. The van der Waals surface area contributed by atoms with Gasteiger partial charge in [0, 0.05) is 18.5 Å². The molecule has 2 unspecified atom stereocenters. The Morgan fingerprint density at radius 3 is 2.66 bits per heavy atom. The molecule has 10 heteroatoms. The molecular weight excluding hydrogens is 418 g/mol. The quantitative estimate of drug-likeness (QED) is 0.602. The molecule has 10 nitrogen and oxygen atoms in total. The van der Waals surface area contributed by atoms with Gasteiger partial charge in [-0.2, -0.15) is 0 Å². The van der Waals surface area contributed by atoms with Gasteiger partial charge in [-0.05, 0) is 35.6 Å². The minimum atomic E-state index is -0.906. The average molecular weight is 447 g/mol. The van der Waals surface area contributed by atoms with Crippen LogP contribution in [0.3, 0.4) is 0 Å². The van der Waals surface area contributed by atoms with E-state index in [4.69, 9.17) is 15.2 Å². The summed E-state index contributed by atoms with van der Waals surface area (Å²) in [6.07, 6.45) is -1.01. The van der Waals surface area contributed by atoms with Gasteiger partial charge in [0.1, 0.15) is 18.4 Å². The molecule has 2 aliphatic heterocycles. The molecule has 0 bridgehead atoms. The lowest BCUT2D eigenvalue weighted by molar-refractivity contribution is -0.154. The van der Waals surface area contributed by atoms with Gasteiger partial charge in [0.2, 0.25) is 5.91 Å². The van der Waals surface area contributed by atoms with E-state index in [1.165, 1.54) is 23.1 Å². The van der Waals surface area contributed by atoms with Crippen molar-refractivity contribution in [2.24, 2.45) is 11.1 Å². The van der Waals surface area contributed by atoms with Gasteiger partial charge in [-0.15, -0.1) is 0 Å². The Balaban J connectivity index is 1.64. The number of nitrogens with two attached hydrogens (primary N) is 1. The summed E-state index contributed by atoms with van der Waals surface area (Å²) in [5.41, 5.74) is 5.76. The van der Waals surface area contributed by atoms with Crippen molar-refractivity contribution in [3.8, 4) is 5.75 Å². The second-order valence-corrected chi connectivity index (χ2v) is 9.07. The molecule has 32 heavy (non-hydrogen) atoms. The Bertz CT molecular complexity index is 925. The predicted molar refractivity (Wildman–Crippen MR) is 112 cm³/mol. The third-order valence-electron chi connectivity index (χ3n) is 5.76. The highest BCUT2D eigenvalue weighted by Crippen LogP contribution is 2.31. The van der Waals surface area contributed by atoms with Gasteiger partial charge >= 0.3 is 6.09 Å². The van der Waals surface area contributed by atoms with E-state index in [1.54, 1.807) is 0 Å². The van der Waals surface area contributed by atoms with Crippen LogP contribution in [0.15, 0.2) is 18.2 Å². The van der Waals surface area contributed by atoms with Crippen molar-refractivity contribution in [3.05, 3.63) is 29.3 Å². The summed E-state index contributed by atoms with van der Waals surface area (Å²) in [7, 11) is 0. The maximum Gasteiger partial charge on any atom is 0.404 e. The first-order chi connectivity index (χ1) is 15.0. The standard InChI is InChI=1S/C22H29N3O7/c1-22(2,3)17(12-32-21(23)30)31-9-8-24-18(27)7-6-16(20(24)29)25-11-13-10-14(26)4-5-15(13)19(25)28/h4-5,10,16-17,26H,6-9,11-12H2,1-3H3,(H2,23,30). The van der Waals surface area contributed by atoms with Crippen LogP contribution in [0.1, 0.15) is 49.5 Å². The molecule has 0 radical (unpaired) electrons. The van der Waals surface area contributed by atoms with Crippen molar-refractivity contribution < 1.29 is 33.8 Å². The number of rotatable bonds is 7. The van der Waals surface area contributed by atoms with Crippen molar-refractivity contribution in [1.82, 2.24) is 9.80 Å². The molecule has 4 amide bonds. The normalized spacial score (nSPS) is 19.8. The lowest BCUT2D eigenvalue weighted by atomic mass is 9.89. The molecule has 2 atom stereocenters. The number of carbonyl (C=O) groups is 4. The van der Waals surface area contributed by atoms with E-state index >= 15 is 0 Å². The summed E-state index contributed by atoms with van der Waals surface area (Å²) in [5.74, 6) is -1.01. The minimum absolute atomic E-state index is 0.0209. The van der Waals surface area contributed by atoms with Crippen molar-refractivity contribution in [3.63, 3.8) is 0 Å². The summed E-state index contributed by atoms with van der Waals surface area (Å²) >= 11 is 0. The first kappa shape index (κ1) is 23.5. The van der Waals surface area contributed by atoms with Crippen LogP contribution in [0.5, 0.6) is 5.75 Å². The van der Waals surface area contributed by atoms with Crippen LogP contribution in [0.25, 0.3) is 0 Å². The fourth-order valence-electron chi connectivity index (χ4n) is 3.92. The molecule has 174 valence electrons. The molecule has 1 saturated heterocycles. The van der Waals surface area contributed by atoms with E-state index in [-0.39, 0.29) is 62.1 Å². The number of benzene rings is 1. The van der Waals surface area contributed by atoms with Crippen LogP contribution in [-0.2, 0) is 25.6 Å². The first-order valence-electron chi connectivity index (χ1n) is 10.5. The fraction of sp³-hybridized carbons (Fsp3) is 0.545. The Morgan fingerprint density at radius 2 is 2.00 bits per heavy atom. The molecule has 1 aromatic carbocycles. The third-order valence-corrected chi connectivity index (χ3v) is 5.76. The number of hydrogen-bond acceptors (Lipinski definition) is 7. The highest BCUT2D eigenvalue weighted by atomic mass is 16.6. The Hall–Kier alpha value is -3.14. The molecule has 2 heterocycles. The van der Waals surface area contributed by atoms with Gasteiger partial charge in [0.05, 0.1) is 19.3 Å². The van der Waals surface area contributed by atoms with Gasteiger partial charge in [-0.3, -0.25) is 19.3 Å². The third kappa shape index (κ3) is 5.01. The van der Waals surface area contributed by atoms with Crippen LogP contribution >= 0.6 is 0 Å². The number of fused-ring (bicyclic) bond motifs is 1. The molecule has 0 aliphatic carbocycles. The fourth-order valence-corrected chi connectivity index (χ4v) is 3.92.